The molecule has 1 aliphatic rings. The molecule has 0 radical (unpaired) electrons. The predicted octanol–water partition coefficient (Wildman–Crippen LogP) is 5.95. The highest BCUT2D eigenvalue weighted by molar-refractivity contribution is 9.10. The highest BCUT2D eigenvalue weighted by atomic mass is 79.9. The lowest BCUT2D eigenvalue weighted by molar-refractivity contribution is 0.0997. The van der Waals surface area contributed by atoms with Crippen LogP contribution in [-0.2, 0) is 6.54 Å². The summed E-state index contributed by atoms with van der Waals surface area (Å²) in [7, 11) is 0. The lowest BCUT2D eigenvalue weighted by Crippen LogP contribution is -2.29. The third kappa shape index (κ3) is 4.72. The molecule has 0 bridgehead atoms. The first-order valence-corrected chi connectivity index (χ1v) is 10.5. The van der Waals surface area contributed by atoms with Gasteiger partial charge in [0.15, 0.2) is 5.76 Å². The van der Waals surface area contributed by atoms with Gasteiger partial charge in [-0.3, -0.25) is 9.69 Å². The fourth-order valence-electron chi connectivity index (χ4n) is 3.49. The van der Waals surface area contributed by atoms with Crippen LogP contribution in [0.15, 0.2) is 69.6 Å². The van der Waals surface area contributed by atoms with Crippen LogP contribution in [0.1, 0.15) is 35.4 Å². The summed E-state index contributed by atoms with van der Waals surface area (Å²) in [6, 6.07) is 19.4. The van der Waals surface area contributed by atoms with E-state index in [4.69, 9.17) is 4.42 Å². The van der Waals surface area contributed by atoms with Gasteiger partial charge in [0, 0.05) is 22.3 Å². The Morgan fingerprint density at radius 2 is 1.64 bits per heavy atom. The molecule has 2 heterocycles. The van der Waals surface area contributed by atoms with Gasteiger partial charge in [-0.1, -0.05) is 46.6 Å². The van der Waals surface area contributed by atoms with Crippen LogP contribution in [-0.4, -0.2) is 23.9 Å². The minimum Gasteiger partial charge on any atom is -0.451 e. The van der Waals surface area contributed by atoms with Gasteiger partial charge >= 0.3 is 0 Å². The zero-order valence-electron chi connectivity index (χ0n) is 15.7. The second-order valence-electron chi connectivity index (χ2n) is 7.16. The van der Waals surface area contributed by atoms with Crippen LogP contribution in [0.2, 0.25) is 0 Å². The number of amides is 1. The number of likely N-dealkylation sites (tertiary alicyclic amines) is 1. The summed E-state index contributed by atoms with van der Waals surface area (Å²) in [5.74, 6) is 0.733. The normalized spacial score (nSPS) is 14.8. The maximum Gasteiger partial charge on any atom is 0.291 e. The molecular weight excluding hydrogens is 416 g/mol. The van der Waals surface area contributed by atoms with Crippen molar-refractivity contribution in [2.24, 2.45) is 0 Å². The van der Waals surface area contributed by atoms with E-state index in [1.807, 2.05) is 42.5 Å². The fraction of sp³-hybridized carbons (Fsp3) is 0.261. The second kappa shape index (κ2) is 8.76. The number of anilines is 1. The molecule has 1 aromatic heterocycles. The Bertz CT molecular complexity index is 926. The van der Waals surface area contributed by atoms with Crippen molar-refractivity contribution in [3.63, 3.8) is 0 Å². The first kappa shape index (κ1) is 19.0. The number of benzene rings is 2. The summed E-state index contributed by atoms with van der Waals surface area (Å²) in [5.41, 5.74) is 2.98. The summed E-state index contributed by atoms with van der Waals surface area (Å²) in [6.07, 6.45) is 3.93. The highest BCUT2D eigenvalue weighted by Gasteiger charge is 2.13. The monoisotopic (exact) mass is 438 g/mol. The van der Waals surface area contributed by atoms with Gasteiger partial charge in [0.25, 0.3) is 5.91 Å². The third-order valence-corrected chi connectivity index (χ3v) is 5.55. The molecule has 1 amide bonds. The van der Waals surface area contributed by atoms with Crippen molar-refractivity contribution >= 4 is 27.5 Å². The van der Waals surface area contributed by atoms with Gasteiger partial charge in [0.2, 0.25) is 0 Å². The molecule has 144 valence electrons. The molecule has 0 spiro atoms. The smallest absolute Gasteiger partial charge is 0.291 e. The van der Waals surface area contributed by atoms with E-state index in [2.05, 4.69) is 38.3 Å². The van der Waals surface area contributed by atoms with Crippen LogP contribution in [0.25, 0.3) is 11.3 Å². The molecule has 28 heavy (non-hydrogen) atoms. The molecule has 4 rings (SSSR count). The number of nitrogens with zero attached hydrogens (tertiary/aromatic N) is 1. The average Bonchev–Trinajstić information content (AvgIpc) is 3.21. The van der Waals surface area contributed by atoms with Gasteiger partial charge in [-0.25, -0.2) is 0 Å². The Hall–Kier alpha value is -2.37. The number of halogens is 1. The van der Waals surface area contributed by atoms with E-state index in [1.165, 1.54) is 37.9 Å². The van der Waals surface area contributed by atoms with Crippen LogP contribution < -0.4 is 5.32 Å². The highest BCUT2D eigenvalue weighted by Crippen LogP contribution is 2.24. The molecule has 0 atom stereocenters. The topological polar surface area (TPSA) is 45.5 Å². The Balaban J connectivity index is 1.37. The lowest BCUT2D eigenvalue weighted by atomic mass is 10.1. The van der Waals surface area contributed by atoms with E-state index in [1.54, 1.807) is 6.07 Å². The summed E-state index contributed by atoms with van der Waals surface area (Å²) in [5, 5.41) is 2.91. The van der Waals surface area contributed by atoms with Gasteiger partial charge in [0.1, 0.15) is 5.76 Å². The molecule has 1 fully saturated rings. The van der Waals surface area contributed by atoms with Crippen molar-refractivity contribution < 1.29 is 9.21 Å². The lowest BCUT2D eigenvalue weighted by Gasteiger charge is -2.26. The average molecular weight is 439 g/mol. The Kier molecular flexibility index (Phi) is 5.93. The van der Waals surface area contributed by atoms with E-state index in [0.29, 0.717) is 11.5 Å². The number of hydrogen-bond donors (Lipinski definition) is 1. The number of hydrogen-bond acceptors (Lipinski definition) is 3. The molecule has 1 N–H and O–H groups in total. The summed E-state index contributed by atoms with van der Waals surface area (Å²) < 4.78 is 6.74. The summed E-state index contributed by atoms with van der Waals surface area (Å²) >= 11 is 3.42. The van der Waals surface area contributed by atoms with Crippen LogP contribution in [0, 0.1) is 0 Å². The van der Waals surface area contributed by atoms with Crippen LogP contribution in [0.5, 0.6) is 0 Å². The Morgan fingerprint density at radius 1 is 0.929 bits per heavy atom. The molecular formula is C23H23BrN2O2. The van der Waals surface area contributed by atoms with Crippen LogP contribution >= 0.6 is 15.9 Å². The van der Waals surface area contributed by atoms with Gasteiger partial charge in [-0.2, -0.15) is 0 Å². The molecule has 5 heteroatoms. The van der Waals surface area contributed by atoms with Gasteiger partial charge < -0.3 is 9.73 Å². The fourth-order valence-corrected chi connectivity index (χ4v) is 3.76. The van der Waals surface area contributed by atoms with E-state index >= 15 is 0 Å². The standard InChI is InChI=1S/C23H23BrN2O2/c24-19-8-6-18(7-9-19)21-12-13-22(28-21)23(27)25-20-10-4-17(5-11-20)16-26-14-2-1-3-15-26/h4-13H,1-3,14-16H2,(H,25,27). The number of furan rings is 1. The molecule has 0 aliphatic carbocycles. The maximum atomic E-state index is 12.5. The Labute approximate surface area is 173 Å². The van der Waals surface area contributed by atoms with E-state index < -0.39 is 0 Å². The molecule has 2 aromatic carbocycles. The van der Waals surface area contributed by atoms with Crippen molar-refractivity contribution in [3.05, 3.63) is 76.5 Å². The minimum absolute atomic E-state index is 0.243. The second-order valence-corrected chi connectivity index (χ2v) is 8.07. The van der Waals surface area contributed by atoms with Crippen molar-refractivity contribution in [2.75, 3.05) is 18.4 Å². The van der Waals surface area contributed by atoms with Gasteiger partial charge in [-0.15, -0.1) is 0 Å². The molecule has 1 saturated heterocycles. The van der Waals surface area contributed by atoms with Crippen molar-refractivity contribution in [2.45, 2.75) is 25.8 Å². The van der Waals surface area contributed by atoms with Crippen molar-refractivity contribution in [1.82, 2.24) is 4.90 Å². The first-order chi connectivity index (χ1) is 13.7. The number of carbonyl (C=O) groups excluding carboxylic acids is 1. The molecule has 1 aliphatic heterocycles. The van der Waals surface area contributed by atoms with Crippen molar-refractivity contribution in [3.8, 4) is 11.3 Å². The summed E-state index contributed by atoms with van der Waals surface area (Å²) in [4.78, 5) is 15.0. The van der Waals surface area contributed by atoms with Gasteiger partial charge in [0.05, 0.1) is 0 Å². The third-order valence-electron chi connectivity index (χ3n) is 5.03. The largest absolute Gasteiger partial charge is 0.451 e. The maximum absolute atomic E-state index is 12.5. The number of piperidine rings is 1. The molecule has 4 nitrogen and oxygen atoms in total. The van der Waals surface area contributed by atoms with Gasteiger partial charge in [-0.05, 0) is 67.9 Å². The number of rotatable bonds is 5. The predicted molar refractivity (Wildman–Crippen MR) is 115 cm³/mol. The van der Waals surface area contributed by atoms with Crippen molar-refractivity contribution in [1.29, 1.82) is 0 Å². The molecule has 0 saturated carbocycles. The summed E-state index contributed by atoms with van der Waals surface area (Å²) in [6.45, 7) is 3.33. The van der Waals surface area contributed by atoms with Crippen LogP contribution in [0.4, 0.5) is 5.69 Å². The molecule has 0 unspecified atom stereocenters. The van der Waals surface area contributed by atoms with E-state index in [-0.39, 0.29) is 5.91 Å². The first-order valence-electron chi connectivity index (χ1n) is 9.66. The van der Waals surface area contributed by atoms with E-state index in [9.17, 15) is 4.79 Å². The zero-order chi connectivity index (χ0) is 19.3. The van der Waals surface area contributed by atoms with E-state index in [0.717, 1.165) is 22.3 Å². The molecule has 3 aromatic rings. The van der Waals surface area contributed by atoms with Crippen LogP contribution in [0.3, 0.4) is 0 Å². The number of carbonyl (C=O) groups is 1. The zero-order valence-corrected chi connectivity index (χ0v) is 17.2. The minimum atomic E-state index is -0.243. The number of nitrogens with one attached hydrogen (secondary N) is 1. The quantitative estimate of drug-likeness (QED) is 0.535. The Morgan fingerprint density at radius 3 is 2.36 bits per heavy atom. The SMILES string of the molecule is O=C(Nc1ccc(CN2CCCCC2)cc1)c1ccc(-c2ccc(Br)cc2)o1.